The second-order valence-corrected chi connectivity index (χ2v) is 7.70. The van der Waals surface area contributed by atoms with Crippen LogP contribution in [0.5, 0.6) is 0 Å². The second-order valence-electron chi connectivity index (χ2n) is 6.75. The van der Waals surface area contributed by atoms with E-state index in [4.69, 9.17) is 14.9 Å². The molecule has 0 unspecified atom stereocenters. The first-order chi connectivity index (χ1) is 15.1. The number of amides is 1. The number of carbonyl (C=O) groups is 1. The number of nitrogens with zero attached hydrogens (tertiary/aromatic N) is 6. The zero-order chi connectivity index (χ0) is 22.1. The van der Waals surface area contributed by atoms with Crippen LogP contribution in [0.4, 0.5) is 0 Å². The molecule has 0 radical (unpaired) electrons. The molecule has 1 aromatic carbocycles. The van der Waals surface area contributed by atoms with Gasteiger partial charge in [0, 0.05) is 13.1 Å². The number of furan rings is 1. The molecule has 0 spiro atoms. The maximum atomic E-state index is 12.7. The molecule has 31 heavy (non-hydrogen) atoms. The van der Waals surface area contributed by atoms with Crippen molar-refractivity contribution in [1.82, 2.24) is 19.7 Å². The number of thioether (sulfide) groups is 1. The maximum absolute atomic E-state index is 12.7. The van der Waals surface area contributed by atoms with Crippen LogP contribution in [0.15, 0.2) is 52.2 Å². The number of rotatable bonds is 10. The van der Waals surface area contributed by atoms with E-state index >= 15 is 0 Å². The van der Waals surface area contributed by atoms with Crippen molar-refractivity contribution in [3.63, 3.8) is 0 Å². The molecule has 0 fully saturated rings. The van der Waals surface area contributed by atoms with E-state index in [1.54, 1.807) is 11.2 Å². The summed E-state index contributed by atoms with van der Waals surface area (Å²) in [6.07, 6.45) is 2.08. The van der Waals surface area contributed by atoms with E-state index in [0.29, 0.717) is 30.6 Å². The van der Waals surface area contributed by atoms with Gasteiger partial charge in [-0.2, -0.15) is 10.5 Å². The Bertz CT molecular complexity index is 1080. The van der Waals surface area contributed by atoms with Gasteiger partial charge in [-0.3, -0.25) is 9.36 Å². The van der Waals surface area contributed by atoms with E-state index in [1.807, 2.05) is 60.0 Å². The minimum absolute atomic E-state index is 0.134. The Labute approximate surface area is 185 Å². The van der Waals surface area contributed by atoms with Gasteiger partial charge < -0.3 is 9.32 Å². The van der Waals surface area contributed by atoms with Gasteiger partial charge in [-0.15, -0.1) is 10.2 Å². The van der Waals surface area contributed by atoms with Crippen LogP contribution in [0, 0.1) is 29.6 Å². The average Bonchev–Trinajstić information content (AvgIpc) is 3.38. The summed E-state index contributed by atoms with van der Waals surface area (Å²) in [5.41, 5.74) is 1.94. The monoisotopic (exact) mass is 434 g/mol. The van der Waals surface area contributed by atoms with Crippen LogP contribution >= 0.6 is 11.8 Å². The van der Waals surface area contributed by atoms with Crippen molar-refractivity contribution >= 4 is 17.7 Å². The fraction of sp³-hybridized carbons (Fsp3) is 0.318. The first-order valence-electron chi connectivity index (χ1n) is 9.80. The van der Waals surface area contributed by atoms with Crippen molar-refractivity contribution in [1.29, 1.82) is 10.5 Å². The van der Waals surface area contributed by atoms with E-state index in [9.17, 15) is 4.79 Å². The Kier molecular flexibility index (Phi) is 7.85. The first kappa shape index (κ1) is 22.1. The Morgan fingerprint density at radius 3 is 2.45 bits per heavy atom. The lowest BCUT2D eigenvalue weighted by Crippen LogP contribution is -2.34. The highest BCUT2D eigenvalue weighted by Gasteiger charge is 2.20. The molecule has 2 heterocycles. The molecule has 0 aliphatic heterocycles. The molecule has 158 valence electrons. The van der Waals surface area contributed by atoms with Gasteiger partial charge in [0.15, 0.2) is 11.0 Å². The molecule has 8 nitrogen and oxygen atoms in total. The summed E-state index contributed by atoms with van der Waals surface area (Å²) < 4.78 is 7.41. The fourth-order valence-corrected chi connectivity index (χ4v) is 3.91. The molecule has 0 bridgehead atoms. The molecule has 2 aromatic heterocycles. The summed E-state index contributed by atoms with van der Waals surface area (Å²) in [7, 11) is 0. The Hall–Kier alpha value is -3.56. The van der Waals surface area contributed by atoms with Crippen molar-refractivity contribution in [2.45, 2.75) is 31.5 Å². The van der Waals surface area contributed by atoms with E-state index in [0.717, 1.165) is 16.9 Å². The average molecular weight is 435 g/mol. The van der Waals surface area contributed by atoms with Crippen molar-refractivity contribution < 1.29 is 9.21 Å². The van der Waals surface area contributed by atoms with Crippen molar-refractivity contribution in [3.05, 3.63) is 54.0 Å². The zero-order valence-corrected chi connectivity index (χ0v) is 18.0. The highest BCUT2D eigenvalue weighted by atomic mass is 32.2. The Morgan fingerprint density at radius 1 is 1.13 bits per heavy atom. The Balaban J connectivity index is 1.81. The van der Waals surface area contributed by atoms with Crippen molar-refractivity contribution in [2.75, 3.05) is 18.8 Å². The number of nitriles is 2. The summed E-state index contributed by atoms with van der Waals surface area (Å²) in [5.74, 6) is 1.43. The third-order valence-electron chi connectivity index (χ3n) is 4.66. The number of carbonyl (C=O) groups excluding carboxylic acids is 1. The molecule has 0 aliphatic rings. The van der Waals surface area contributed by atoms with E-state index in [1.165, 1.54) is 11.8 Å². The normalized spacial score (nSPS) is 10.4. The van der Waals surface area contributed by atoms with Gasteiger partial charge in [0.1, 0.15) is 5.76 Å². The SMILES string of the molecule is Cc1occc1-c1nnc(SCC(=O)N(CCC#N)CCC#N)n1Cc1ccccc1. The van der Waals surface area contributed by atoms with E-state index < -0.39 is 0 Å². The standard InChI is InChI=1S/C22H22N6O2S/c1-17-19(9-14-30-17)21-25-26-22(28(21)15-18-7-3-2-4-8-18)31-16-20(29)27(12-5-10-23)13-6-11-24/h2-4,7-9,14H,5-6,12-13,15-16H2,1H3. The minimum atomic E-state index is -0.134. The summed E-state index contributed by atoms with van der Waals surface area (Å²) in [6.45, 7) is 3.05. The fourth-order valence-electron chi connectivity index (χ4n) is 3.07. The summed E-state index contributed by atoms with van der Waals surface area (Å²) in [6, 6.07) is 15.9. The molecule has 0 saturated carbocycles. The number of aryl methyl sites for hydroxylation is 1. The second kappa shape index (κ2) is 11.0. The predicted octanol–water partition coefficient (Wildman–Crippen LogP) is 3.64. The van der Waals surface area contributed by atoms with Gasteiger partial charge in [-0.25, -0.2) is 0 Å². The Morgan fingerprint density at radius 2 is 1.84 bits per heavy atom. The molecule has 3 aromatic rings. The lowest BCUT2D eigenvalue weighted by molar-refractivity contribution is -0.128. The van der Waals surface area contributed by atoms with Crippen LogP contribution in [0.1, 0.15) is 24.2 Å². The minimum Gasteiger partial charge on any atom is -0.469 e. The van der Waals surface area contributed by atoms with Crippen LogP contribution in [-0.4, -0.2) is 44.4 Å². The molecule has 1 amide bonds. The van der Waals surface area contributed by atoms with Crippen LogP contribution in [0.2, 0.25) is 0 Å². The van der Waals surface area contributed by atoms with E-state index in [2.05, 4.69) is 10.2 Å². The largest absolute Gasteiger partial charge is 0.469 e. The molecular weight excluding hydrogens is 412 g/mol. The van der Waals surface area contributed by atoms with Gasteiger partial charge in [0.25, 0.3) is 0 Å². The lowest BCUT2D eigenvalue weighted by Gasteiger charge is -2.20. The quantitative estimate of drug-likeness (QED) is 0.448. The predicted molar refractivity (Wildman–Crippen MR) is 116 cm³/mol. The first-order valence-corrected chi connectivity index (χ1v) is 10.8. The van der Waals surface area contributed by atoms with Gasteiger partial charge in [0.2, 0.25) is 5.91 Å². The summed E-state index contributed by atoms with van der Waals surface area (Å²) in [4.78, 5) is 14.3. The lowest BCUT2D eigenvalue weighted by atomic mass is 10.2. The molecule has 0 aliphatic carbocycles. The van der Waals surface area contributed by atoms with E-state index in [-0.39, 0.29) is 24.5 Å². The van der Waals surface area contributed by atoms with Crippen LogP contribution < -0.4 is 0 Å². The molecule has 0 saturated heterocycles. The van der Waals surface area contributed by atoms with Crippen molar-refractivity contribution in [2.24, 2.45) is 0 Å². The van der Waals surface area contributed by atoms with Crippen LogP contribution in [0.3, 0.4) is 0 Å². The third-order valence-corrected chi connectivity index (χ3v) is 5.62. The number of hydrogen-bond donors (Lipinski definition) is 0. The van der Waals surface area contributed by atoms with Crippen LogP contribution in [0.25, 0.3) is 11.4 Å². The third kappa shape index (κ3) is 5.74. The zero-order valence-electron chi connectivity index (χ0n) is 17.2. The van der Waals surface area contributed by atoms with Gasteiger partial charge >= 0.3 is 0 Å². The molecule has 0 atom stereocenters. The van der Waals surface area contributed by atoms with Crippen molar-refractivity contribution in [3.8, 4) is 23.5 Å². The highest BCUT2D eigenvalue weighted by molar-refractivity contribution is 7.99. The maximum Gasteiger partial charge on any atom is 0.233 e. The van der Waals surface area contributed by atoms with Gasteiger partial charge in [-0.05, 0) is 18.6 Å². The summed E-state index contributed by atoms with van der Waals surface area (Å²) >= 11 is 1.30. The van der Waals surface area contributed by atoms with Gasteiger partial charge in [-0.1, -0.05) is 42.1 Å². The number of benzene rings is 1. The van der Waals surface area contributed by atoms with Crippen LogP contribution in [-0.2, 0) is 11.3 Å². The molecule has 3 rings (SSSR count). The topological polar surface area (TPSA) is 112 Å². The number of hydrogen-bond acceptors (Lipinski definition) is 7. The molecule has 9 heteroatoms. The number of aromatic nitrogens is 3. The molecule has 0 N–H and O–H groups in total. The summed E-state index contributed by atoms with van der Waals surface area (Å²) in [5, 5.41) is 27.0. The highest BCUT2D eigenvalue weighted by Crippen LogP contribution is 2.28. The molecular formula is C22H22N6O2S. The smallest absolute Gasteiger partial charge is 0.233 e. The van der Waals surface area contributed by atoms with Gasteiger partial charge in [0.05, 0.1) is 49.1 Å².